The fourth-order valence-electron chi connectivity index (χ4n) is 3.71. The second-order valence-corrected chi connectivity index (χ2v) is 7.31. The predicted octanol–water partition coefficient (Wildman–Crippen LogP) is 0.355. The molecule has 0 radical (unpaired) electrons. The number of aryl methyl sites for hydroxylation is 3. The third kappa shape index (κ3) is 3.56. The highest BCUT2D eigenvalue weighted by atomic mass is 16.2. The molecule has 1 saturated heterocycles. The summed E-state index contributed by atoms with van der Waals surface area (Å²) in [6.07, 6.45) is 1.59. The van der Waals surface area contributed by atoms with Gasteiger partial charge in [0.25, 0.3) is 5.91 Å². The number of carbonyl (C=O) groups excluding carboxylic acids is 2. The number of carbonyl (C=O) groups is 2. The van der Waals surface area contributed by atoms with Crippen molar-refractivity contribution in [2.75, 3.05) is 13.1 Å². The highest BCUT2D eigenvalue weighted by molar-refractivity contribution is 5.93. The molecule has 0 aromatic carbocycles. The Morgan fingerprint density at radius 3 is 2.39 bits per heavy atom. The largest absolute Gasteiger partial charge is 0.348 e. The van der Waals surface area contributed by atoms with Crippen LogP contribution >= 0.6 is 0 Å². The average molecular weight is 386 g/mol. The van der Waals surface area contributed by atoms with Crippen molar-refractivity contribution in [3.63, 3.8) is 0 Å². The summed E-state index contributed by atoms with van der Waals surface area (Å²) in [6, 6.07) is 3.14. The van der Waals surface area contributed by atoms with Crippen LogP contribution in [0.3, 0.4) is 0 Å². The maximum absolute atomic E-state index is 12.9. The van der Waals surface area contributed by atoms with E-state index in [-0.39, 0.29) is 30.4 Å². The van der Waals surface area contributed by atoms with Gasteiger partial charge in [0.1, 0.15) is 12.2 Å². The van der Waals surface area contributed by atoms with Gasteiger partial charge >= 0.3 is 5.69 Å². The molecular formula is C19H26N6O3. The van der Waals surface area contributed by atoms with Gasteiger partial charge in [-0.1, -0.05) is 0 Å². The molecule has 0 N–H and O–H groups in total. The van der Waals surface area contributed by atoms with Gasteiger partial charge in [-0.25, -0.2) is 4.79 Å². The zero-order chi connectivity index (χ0) is 20.6. The SMILES string of the molecule is Cc1cc(C)n(CC(=O)N2CCN(C(=O)c3ccnn3C)[C@H](C)[C@H]2C)c(=O)n1. The molecule has 2 amide bonds. The first-order valence-corrected chi connectivity index (χ1v) is 9.34. The monoisotopic (exact) mass is 386 g/mol. The Balaban J connectivity index is 1.74. The zero-order valence-corrected chi connectivity index (χ0v) is 16.9. The number of hydrogen-bond donors (Lipinski definition) is 0. The van der Waals surface area contributed by atoms with Crippen LogP contribution in [0, 0.1) is 13.8 Å². The predicted molar refractivity (Wildman–Crippen MR) is 103 cm³/mol. The molecule has 0 unspecified atom stereocenters. The quantitative estimate of drug-likeness (QED) is 0.759. The molecule has 1 fully saturated rings. The van der Waals surface area contributed by atoms with Crippen LogP contribution in [-0.4, -0.2) is 66.1 Å². The van der Waals surface area contributed by atoms with Crippen LogP contribution in [0.15, 0.2) is 23.1 Å². The summed E-state index contributed by atoms with van der Waals surface area (Å²) in [4.78, 5) is 45.3. The molecule has 0 spiro atoms. The fourth-order valence-corrected chi connectivity index (χ4v) is 3.71. The van der Waals surface area contributed by atoms with Gasteiger partial charge in [0.05, 0.1) is 0 Å². The highest BCUT2D eigenvalue weighted by Gasteiger charge is 2.36. The van der Waals surface area contributed by atoms with E-state index in [2.05, 4.69) is 10.1 Å². The van der Waals surface area contributed by atoms with Crippen molar-refractivity contribution in [2.45, 2.75) is 46.3 Å². The first-order chi connectivity index (χ1) is 13.2. The number of hydrogen-bond acceptors (Lipinski definition) is 5. The molecule has 3 rings (SSSR count). The van der Waals surface area contributed by atoms with Crippen LogP contribution in [0.25, 0.3) is 0 Å². The molecule has 2 aromatic rings. The minimum absolute atomic E-state index is 0.0509. The van der Waals surface area contributed by atoms with Gasteiger partial charge in [0.2, 0.25) is 5.91 Å². The molecule has 2 atom stereocenters. The van der Waals surface area contributed by atoms with Crippen molar-refractivity contribution < 1.29 is 9.59 Å². The molecule has 3 heterocycles. The lowest BCUT2D eigenvalue weighted by Crippen LogP contribution is -2.61. The van der Waals surface area contributed by atoms with E-state index in [1.54, 1.807) is 53.7 Å². The van der Waals surface area contributed by atoms with Gasteiger partial charge in [0.15, 0.2) is 0 Å². The molecule has 28 heavy (non-hydrogen) atoms. The molecule has 9 heteroatoms. The lowest BCUT2D eigenvalue weighted by atomic mass is 10.0. The van der Waals surface area contributed by atoms with Crippen LogP contribution in [0.2, 0.25) is 0 Å². The van der Waals surface area contributed by atoms with Crippen molar-refractivity contribution >= 4 is 11.8 Å². The molecule has 1 aliphatic rings. The summed E-state index contributed by atoms with van der Waals surface area (Å²) in [6.45, 7) is 8.20. The van der Waals surface area contributed by atoms with Crippen molar-refractivity contribution in [1.82, 2.24) is 29.1 Å². The van der Waals surface area contributed by atoms with Crippen LogP contribution < -0.4 is 5.69 Å². The Labute approximate surface area is 163 Å². The lowest BCUT2D eigenvalue weighted by Gasteiger charge is -2.45. The number of nitrogens with zero attached hydrogens (tertiary/aromatic N) is 6. The Kier molecular flexibility index (Phi) is 5.35. The fraction of sp³-hybridized carbons (Fsp3) is 0.526. The van der Waals surface area contributed by atoms with Crippen LogP contribution in [0.4, 0.5) is 0 Å². The average Bonchev–Trinajstić information content (AvgIpc) is 3.05. The van der Waals surface area contributed by atoms with E-state index in [4.69, 9.17) is 0 Å². The van der Waals surface area contributed by atoms with E-state index >= 15 is 0 Å². The van der Waals surface area contributed by atoms with Crippen molar-refractivity contribution in [3.8, 4) is 0 Å². The number of rotatable bonds is 3. The Hall–Kier alpha value is -2.97. The minimum Gasteiger partial charge on any atom is -0.335 e. The summed E-state index contributed by atoms with van der Waals surface area (Å²) in [5.74, 6) is -0.246. The van der Waals surface area contributed by atoms with E-state index in [1.165, 1.54) is 4.57 Å². The normalized spacial score (nSPS) is 19.8. The standard InChI is InChI=1S/C19H26N6O3/c1-12-10-13(2)25(19(28)21-12)11-17(26)23-8-9-24(15(4)14(23)3)18(27)16-6-7-20-22(16)5/h6-7,10,14-15H,8-9,11H2,1-5H3/t14-,15-/m1/s1. The number of aromatic nitrogens is 4. The molecule has 1 aliphatic heterocycles. The van der Waals surface area contributed by atoms with E-state index < -0.39 is 5.69 Å². The summed E-state index contributed by atoms with van der Waals surface area (Å²) in [7, 11) is 1.73. The van der Waals surface area contributed by atoms with E-state index in [0.717, 1.165) is 0 Å². The Morgan fingerprint density at radius 2 is 1.79 bits per heavy atom. The van der Waals surface area contributed by atoms with Gasteiger partial charge in [-0.15, -0.1) is 0 Å². The first-order valence-electron chi connectivity index (χ1n) is 9.34. The van der Waals surface area contributed by atoms with Crippen LogP contribution in [0.1, 0.15) is 35.7 Å². The third-order valence-electron chi connectivity index (χ3n) is 5.52. The highest BCUT2D eigenvalue weighted by Crippen LogP contribution is 2.20. The Bertz CT molecular complexity index is 963. The molecule has 0 saturated carbocycles. The maximum Gasteiger partial charge on any atom is 0.348 e. The first kappa shape index (κ1) is 19.8. The van der Waals surface area contributed by atoms with Crippen molar-refractivity contribution in [3.05, 3.63) is 45.9 Å². The van der Waals surface area contributed by atoms with Crippen molar-refractivity contribution in [1.29, 1.82) is 0 Å². The van der Waals surface area contributed by atoms with Gasteiger partial charge < -0.3 is 9.80 Å². The second-order valence-electron chi connectivity index (χ2n) is 7.31. The van der Waals surface area contributed by atoms with Gasteiger partial charge in [0, 0.05) is 49.8 Å². The smallest absolute Gasteiger partial charge is 0.335 e. The van der Waals surface area contributed by atoms with Gasteiger partial charge in [-0.3, -0.25) is 18.8 Å². The van der Waals surface area contributed by atoms with Gasteiger partial charge in [-0.05, 0) is 39.8 Å². The number of amides is 2. The van der Waals surface area contributed by atoms with Crippen LogP contribution in [-0.2, 0) is 18.4 Å². The zero-order valence-electron chi connectivity index (χ0n) is 16.9. The summed E-state index contributed by atoms with van der Waals surface area (Å²) in [5.41, 5.74) is 1.44. The second kappa shape index (κ2) is 7.57. The minimum atomic E-state index is -0.420. The Morgan fingerprint density at radius 1 is 1.14 bits per heavy atom. The molecule has 0 aliphatic carbocycles. The topological polar surface area (TPSA) is 93.3 Å². The summed E-state index contributed by atoms with van der Waals surface area (Å²) < 4.78 is 2.94. The molecular weight excluding hydrogens is 360 g/mol. The molecule has 0 bridgehead atoms. The van der Waals surface area contributed by atoms with Crippen LogP contribution in [0.5, 0.6) is 0 Å². The van der Waals surface area contributed by atoms with E-state index in [9.17, 15) is 14.4 Å². The van der Waals surface area contributed by atoms with E-state index in [0.29, 0.717) is 30.2 Å². The molecule has 9 nitrogen and oxygen atoms in total. The lowest BCUT2D eigenvalue weighted by molar-refractivity contribution is -0.137. The van der Waals surface area contributed by atoms with E-state index in [1.807, 2.05) is 13.8 Å². The van der Waals surface area contributed by atoms with Gasteiger partial charge in [-0.2, -0.15) is 10.1 Å². The van der Waals surface area contributed by atoms with Crippen molar-refractivity contribution in [2.24, 2.45) is 7.05 Å². The molecule has 2 aromatic heterocycles. The molecule has 150 valence electrons. The summed E-state index contributed by atoms with van der Waals surface area (Å²) in [5, 5.41) is 4.06. The third-order valence-corrected chi connectivity index (χ3v) is 5.52. The maximum atomic E-state index is 12.9. The summed E-state index contributed by atoms with van der Waals surface area (Å²) >= 11 is 0. The number of piperazine rings is 1.